The normalized spacial score (nSPS) is 22.8. The van der Waals surface area contributed by atoms with Crippen LogP contribution in [0.2, 0.25) is 0 Å². The van der Waals surface area contributed by atoms with Crippen molar-refractivity contribution in [2.75, 3.05) is 6.54 Å². The van der Waals surface area contributed by atoms with Crippen LogP contribution in [-0.2, 0) is 11.3 Å². The van der Waals surface area contributed by atoms with Gasteiger partial charge in [0.25, 0.3) is 5.89 Å². The first-order valence-electron chi connectivity index (χ1n) is 7.58. The van der Waals surface area contributed by atoms with Crippen molar-refractivity contribution >= 4 is 5.91 Å². The van der Waals surface area contributed by atoms with Crippen molar-refractivity contribution < 1.29 is 13.6 Å². The lowest BCUT2D eigenvalue weighted by Gasteiger charge is -2.36. The number of nitrogens with zero attached hydrogens (tertiary/aromatic N) is 2. The van der Waals surface area contributed by atoms with Gasteiger partial charge >= 0.3 is 0 Å². The average Bonchev–Trinajstić information content (AvgIpc) is 3.11. The van der Waals surface area contributed by atoms with Gasteiger partial charge in [0.2, 0.25) is 5.91 Å². The predicted octanol–water partition coefficient (Wildman–Crippen LogP) is 2.33. The fourth-order valence-electron chi connectivity index (χ4n) is 2.90. The summed E-state index contributed by atoms with van der Waals surface area (Å²) in [4.78, 5) is 18.2. The molecule has 0 spiro atoms. The van der Waals surface area contributed by atoms with Crippen LogP contribution in [0.1, 0.15) is 31.2 Å². The molecule has 1 amide bonds. The summed E-state index contributed by atoms with van der Waals surface area (Å²) in [6.45, 7) is 5.40. The van der Waals surface area contributed by atoms with E-state index in [4.69, 9.17) is 14.6 Å². The van der Waals surface area contributed by atoms with Crippen molar-refractivity contribution in [3.8, 4) is 11.7 Å². The van der Waals surface area contributed by atoms with Gasteiger partial charge in [-0.15, -0.1) is 0 Å². The van der Waals surface area contributed by atoms with Gasteiger partial charge in [-0.05, 0) is 38.8 Å². The molecule has 0 radical (unpaired) electrons. The molecule has 1 aliphatic heterocycles. The third-order valence-corrected chi connectivity index (χ3v) is 4.39. The molecule has 2 N–H and O–H groups in total. The second-order valence-electron chi connectivity index (χ2n) is 5.95. The Balaban J connectivity index is 1.76. The summed E-state index contributed by atoms with van der Waals surface area (Å²) < 4.78 is 11.0. The number of primary amides is 1. The summed E-state index contributed by atoms with van der Waals surface area (Å²) in [5, 5.41) is 0. The van der Waals surface area contributed by atoms with Crippen LogP contribution < -0.4 is 5.73 Å². The summed E-state index contributed by atoms with van der Waals surface area (Å²) in [5.74, 6) is 1.60. The zero-order valence-electron chi connectivity index (χ0n) is 12.9. The second kappa shape index (κ2) is 5.96. The molecular weight excluding hydrogens is 282 g/mol. The molecule has 0 aliphatic carbocycles. The van der Waals surface area contributed by atoms with Gasteiger partial charge in [-0.25, -0.2) is 4.98 Å². The molecule has 6 heteroatoms. The Labute approximate surface area is 129 Å². The minimum Gasteiger partial charge on any atom is -0.459 e. The molecule has 22 heavy (non-hydrogen) atoms. The fraction of sp³-hybridized carbons (Fsp3) is 0.500. The summed E-state index contributed by atoms with van der Waals surface area (Å²) in [5.41, 5.74) is 6.33. The predicted molar refractivity (Wildman–Crippen MR) is 80.7 cm³/mol. The molecule has 0 saturated carbocycles. The summed E-state index contributed by atoms with van der Waals surface area (Å²) in [7, 11) is 0. The molecule has 1 fully saturated rings. The highest BCUT2D eigenvalue weighted by atomic mass is 16.4. The van der Waals surface area contributed by atoms with Crippen LogP contribution >= 0.6 is 0 Å². The van der Waals surface area contributed by atoms with E-state index in [1.54, 1.807) is 12.3 Å². The van der Waals surface area contributed by atoms with Crippen LogP contribution in [0.15, 0.2) is 27.2 Å². The van der Waals surface area contributed by atoms with Crippen LogP contribution in [0.5, 0.6) is 0 Å². The van der Waals surface area contributed by atoms with Gasteiger partial charge in [-0.2, -0.15) is 0 Å². The third kappa shape index (κ3) is 2.92. The zero-order valence-corrected chi connectivity index (χ0v) is 12.9. The fourth-order valence-corrected chi connectivity index (χ4v) is 2.90. The molecule has 2 atom stereocenters. The number of hydrogen-bond acceptors (Lipinski definition) is 5. The Morgan fingerprint density at radius 2 is 2.32 bits per heavy atom. The van der Waals surface area contributed by atoms with Gasteiger partial charge in [0.1, 0.15) is 5.76 Å². The van der Waals surface area contributed by atoms with Crippen molar-refractivity contribution in [2.45, 2.75) is 39.3 Å². The summed E-state index contributed by atoms with van der Waals surface area (Å²) in [6, 6.07) is 4.03. The Kier molecular flexibility index (Phi) is 4.02. The quantitative estimate of drug-likeness (QED) is 0.937. The minimum atomic E-state index is -0.218. The van der Waals surface area contributed by atoms with E-state index in [-0.39, 0.29) is 11.8 Å². The molecule has 1 saturated heterocycles. The minimum absolute atomic E-state index is 0.0760. The Morgan fingerprint density at radius 1 is 1.50 bits per heavy atom. The van der Waals surface area contributed by atoms with Crippen LogP contribution in [0.4, 0.5) is 0 Å². The van der Waals surface area contributed by atoms with E-state index in [0.717, 1.165) is 24.3 Å². The number of aryl methyl sites for hydroxylation is 1. The van der Waals surface area contributed by atoms with Gasteiger partial charge < -0.3 is 14.6 Å². The highest BCUT2D eigenvalue weighted by molar-refractivity contribution is 5.77. The van der Waals surface area contributed by atoms with Crippen molar-refractivity contribution in [1.29, 1.82) is 0 Å². The van der Waals surface area contributed by atoms with E-state index >= 15 is 0 Å². The molecule has 2 aromatic rings. The Hall–Kier alpha value is -2.08. The molecule has 0 aromatic carbocycles. The number of aromatic nitrogens is 1. The number of carbonyl (C=O) groups excluding carboxylic acids is 1. The molecule has 6 nitrogen and oxygen atoms in total. The Bertz CT molecular complexity index is 648. The van der Waals surface area contributed by atoms with E-state index in [0.29, 0.717) is 30.8 Å². The monoisotopic (exact) mass is 303 g/mol. The molecule has 1 aliphatic rings. The average molecular weight is 303 g/mol. The van der Waals surface area contributed by atoms with Gasteiger partial charge in [0.15, 0.2) is 5.76 Å². The van der Waals surface area contributed by atoms with E-state index in [1.165, 1.54) is 0 Å². The number of oxazole rings is 1. The van der Waals surface area contributed by atoms with Crippen LogP contribution in [0.25, 0.3) is 11.7 Å². The van der Waals surface area contributed by atoms with Gasteiger partial charge in [-0.3, -0.25) is 9.69 Å². The maximum Gasteiger partial charge on any atom is 0.263 e. The highest BCUT2D eigenvalue weighted by Gasteiger charge is 2.29. The first-order chi connectivity index (χ1) is 10.5. The molecule has 118 valence electrons. The number of likely N-dealkylation sites (tertiary alicyclic amines) is 1. The third-order valence-electron chi connectivity index (χ3n) is 4.39. The second-order valence-corrected chi connectivity index (χ2v) is 5.95. The van der Waals surface area contributed by atoms with Crippen molar-refractivity contribution in [1.82, 2.24) is 9.88 Å². The zero-order chi connectivity index (χ0) is 15.7. The SMILES string of the molecule is Cc1oc(-c2ccco2)nc1CN1C[C@H](C(N)=O)CC[C@@H]1C. The molecule has 0 bridgehead atoms. The smallest absolute Gasteiger partial charge is 0.263 e. The van der Waals surface area contributed by atoms with Crippen molar-refractivity contribution in [3.63, 3.8) is 0 Å². The van der Waals surface area contributed by atoms with E-state index in [2.05, 4.69) is 16.8 Å². The summed E-state index contributed by atoms with van der Waals surface area (Å²) >= 11 is 0. The number of carbonyl (C=O) groups is 1. The maximum atomic E-state index is 11.4. The van der Waals surface area contributed by atoms with Crippen LogP contribution in [0, 0.1) is 12.8 Å². The van der Waals surface area contributed by atoms with Crippen molar-refractivity contribution in [2.24, 2.45) is 11.7 Å². The van der Waals surface area contributed by atoms with Crippen molar-refractivity contribution in [3.05, 3.63) is 29.9 Å². The number of nitrogens with two attached hydrogens (primary N) is 1. The molecular formula is C16H21N3O3. The topological polar surface area (TPSA) is 85.5 Å². The number of hydrogen-bond donors (Lipinski definition) is 1. The van der Waals surface area contributed by atoms with E-state index in [9.17, 15) is 4.79 Å². The summed E-state index contributed by atoms with van der Waals surface area (Å²) in [6.07, 6.45) is 3.43. The molecule has 3 rings (SSSR count). The lowest BCUT2D eigenvalue weighted by Crippen LogP contribution is -2.45. The van der Waals surface area contributed by atoms with Gasteiger partial charge in [-0.1, -0.05) is 0 Å². The number of piperidine rings is 1. The lowest BCUT2D eigenvalue weighted by molar-refractivity contribution is -0.124. The number of rotatable bonds is 4. The van der Waals surface area contributed by atoms with Crippen LogP contribution in [-0.4, -0.2) is 28.4 Å². The van der Waals surface area contributed by atoms with Crippen LogP contribution in [0.3, 0.4) is 0 Å². The molecule has 2 aromatic heterocycles. The lowest BCUT2D eigenvalue weighted by atomic mass is 9.93. The largest absolute Gasteiger partial charge is 0.459 e. The first kappa shape index (κ1) is 14.8. The molecule has 3 heterocycles. The molecule has 0 unspecified atom stereocenters. The Morgan fingerprint density at radius 3 is 3.00 bits per heavy atom. The standard InChI is InChI=1S/C16H21N3O3/c1-10-5-6-12(15(17)20)8-19(10)9-13-11(2)22-16(18-13)14-4-3-7-21-14/h3-4,7,10,12H,5-6,8-9H2,1-2H3,(H2,17,20)/t10-,12+/m0/s1. The maximum absolute atomic E-state index is 11.4. The highest BCUT2D eigenvalue weighted by Crippen LogP contribution is 2.26. The van der Waals surface area contributed by atoms with Gasteiger partial charge in [0.05, 0.1) is 17.9 Å². The van der Waals surface area contributed by atoms with Gasteiger partial charge in [0, 0.05) is 19.1 Å². The van der Waals surface area contributed by atoms with E-state index < -0.39 is 0 Å². The first-order valence-corrected chi connectivity index (χ1v) is 7.58. The van der Waals surface area contributed by atoms with E-state index in [1.807, 2.05) is 13.0 Å². The number of amides is 1. The number of furan rings is 1.